The number of anilines is 1. The topological polar surface area (TPSA) is 92.7 Å². The van der Waals surface area contributed by atoms with Crippen LogP contribution in [0.4, 0.5) is 10.1 Å². The Kier molecular flexibility index (Phi) is 6.83. The van der Waals surface area contributed by atoms with Gasteiger partial charge in [0.25, 0.3) is 10.0 Å². The number of hydrogen-bond acceptors (Lipinski definition) is 4. The Morgan fingerprint density at radius 1 is 0.939 bits per heavy atom. The van der Waals surface area contributed by atoms with Gasteiger partial charge < -0.3 is 9.84 Å². The Hall–Kier alpha value is -3.13. The Labute approximate surface area is 192 Å². The number of sulfonamides is 1. The largest absolute Gasteiger partial charge is 0.490 e. The number of halogens is 1. The second-order valence-corrected chi connectivity index (χ2v) is 9.95. The summed E-state index contributed by atoms with van der Waals surface area (Å²) in [6, 6.07) is 13.4. The molecule has 0 bridgehead atoms. The fourth-order valence-electron chi connectivity index (χ4n) is 4.26. The number of fused-ring (bicyclic) bond motifs is 1. The zero-order valence-corrected chi connectivity index (χ0v) is 18.9. The first-order valence-corrected chi connectivity index (χ1v) is 12.6. The maximum Gasteiger partial charge on any atom is 0.338 e. The van der Waals surface area contributed by atoms with Crippen molar-refractivity contribution in [3.8, 4) is 5.75 Å². The van der Waals surface area contributed by atoms with Crippen molar-refractivity contribution >= 4 is 32.5 Å². The van der Waals surface area contributed by atoms with Gasteiger partial charge in [0, 0.05) is 16.5 Å². The first kappa shape index (κ1) is 23.0. The molecule has 6 nitrogen and oxygen atoms in total. The standard InChI is InChI=1S/C25H26FNO5S/c26-22-13-12-17(16-21(22)25(28)29)27-33(30,31)24-15-14-23(19-10-6-7-11-20(19)24)32-18-8-4-2-1-3-5-9-18/h6-7,10-16,18,27H,1-5,8-9H2,(H,28,29). The smallest absolute Gasteiger partial charge is 0.338 e. The van der Waals surface area contributed by atoms with Crippen LogP contribution >= 0.6 is 0 Å². The zero-order chi connectivity index (χ0) is 23.4. The lowest BCUT2D eigenvalue weighted by Gasteiger charge is -2.23. The zero-order valence-electron chi connectivity index (χ0n) is 18.1. The van der Waals surface area contributed by atoms with E-state index in [1.807, 2.05) is 12.1 Å². The third-order valence-electron chi connectivity index (χ3n) is 5.93. The Balaban J connectivity index is 1.66. The van der Waals surface area contributed by atoms with E-state index in [9.17, 15) is 17.6 Å². The molecule has 1 fully saturated rings. The minimum absolute atomic E-state index is 0.0318. The number of nitrogens with one attached hydrogen (secondary N) is 1. The molecular weight excluding hydrogens is 445 g/mol. The highest BCUT2D eigenvalue weighted by Crippen LogP contribution is 2.34. The van der Waals surface area contributed by atoms with Gasteiger partial charge in [0.1, 0.15) is 11.6 Å². The third kappa shape index (κ3) is 5.27. The van der Waals surface area contributed by atoms with Gasteiger partial charge in [0.15, 0.2) is 0 Å². The lowest BCUT2D eigenvalue weighted by molar-refractivity contribution is 0.0692. The summed E-state index contributed by atoms with van der Waals surface area (Å²) in [7, 11) is -4.08. The van der Waals surface area contributed by atoms with Crippen molar-refractivity contribution in [3.05, 3.63) is 66.0 Å². The molecule has 174 valence electrons. The molecule has 0 saturated heterocycles. The molecule has 3 aromatic rings. The highest BCUT2D eigenvalue weighted by atomic mass is 32.2. The van der Waals surface area contributed by atoms with Crippen molar-refractivity contribution in [1.29, 1.82) is 0 Å². The number of carboxylic acids is 1. The molecule has 1 aliphatic rings. The van der Waals surface area contributed by atoms with E-state index in [1.54, 1.807) is 18.2 Å². The van der Waals surface area contributed by atoms with Gasteiger partial charge in [0.2, 0.25) is 0 Å². The second-order valence-electron chi connectivity index (χ2n) is 8.30. The summed E-state index contributed by atoms with van der Waals surface area (Å²) < 4.78 is 48.7. The Bertz CT molecular complexity index is 1270. The number of carboxylic acid groups (broad SMARTS) is 1. The van der Waals surface area contributed by atoms with E-state index < -0.39 is 27.4 Å². The molecule has 2 N–H and O–H groups in total. The number of ether oxygens (including phenoxy) is 1. The molecule has 8 heteroatoms. The van der Waals surface area contributed by atoms with Crippen molar-refractivity contribution in [2.45, 2.75) is 55.9 Å². The van der Waals surface area contributed by atoms with Gasteiger partial charge in [-0.1, -0.05) is 43.5 Å². The molecule has 0 spiro atoms. The molecular formula is C25H26FNO5S. The fourth-order valence-corrected chi connectivity index (χ4v) is 5.52. The summed E-state index contributed by atoms with van der Waals surface area (Å²) in [6.45, 7) is 0. The summed E-state index contributed by atoms with van der Waals surface area (Å²) in [5, 5.41) is 10.3. The average molecular weight is 472 g/mol. The summed E-state index contributed by atoms with van der Waals surface area (Å²) in [5.74, 6) is -1.77. The van der Waals surface area contributed by atoms with Crippen molar-refractivity contribution < 1.29 is 27.4 Å². The molecule has 4 rings (SSSR count). The predicted octanol–water partition coefficient (Wildman–Crippen LogP) is 5.97. The number of benzene rings is 3. The van der Waals surface area contributed by atoms with Gasteiger partial charge in [0.05, 0.1) is 16.6 Å². The highest BCUT2D eigenvalue weighted by Gasteiger charge is 2.22. The van der Waals surface area contributed by atoms with Gasteiger partial charge in [-0.2, -0.15) is 0 Å². The molecule has 33 heavy (non-hydrogen) atoms. The van der Waals surface area contributed by atoms with Crippen molar-refractivity contribution in [3.63, 3.8) is 0 Å². The molecule has 0 aliphatic heterocycles. The normalized spacial score (nSPS) is 15.5. The quantitative estimate of drug-likeness (QED) is 0.462. The minimum atomic E-state index is -4.08. The minimum Gasteiger partial charge on any atom is -0.490 e. The molecule has 3 aromatic carbocycles. The molecule has 0 aromatic heterocycles. The molecule has 0 amide bonds. The number of carbonyl (C=O) groups is 1. The van der Waals surface area contributed by atoms with Crippen LogP contribution in [0.25, 0.3) is 10.8 Å². The molecule has 1 saturated carbocycles. The van der Waals surface area contributed by atoms with Crippen LogP contribution in [-0.4, -0.2) is 25.6 Å². The van der Waals surface area contributed by atoms with E-state index in [-0.39, 0.29) is 16.7 Å². The number of aromatic carboxylic acids is 1. The molecule has 0 atom stereocenters. The third-order valence-corrected chi connectivity index (χ3v) is 7.37. The van der Waals surface area contributed by atoms with Gasteiger partial charge in [-0.05, 0) is 56.0 Å². The first-order chi connectivity index (χ1) is 15.8. The maximum absolute atomic E-state index is 13.7. The molecule has 0 unspecified atom stereocenters. The van der Waals surface area contributed by atoms with Crippen LogP contribution in [0.1, 0.15) is 55.3 Å². The fraction of sp³-hybridized carbons (Fsp3) is 0.320. The number of hydrogen-bond donors (Lipinski definition) is 2. The lowest BCUT2D eigenvalue weighted by atomic mass is 9.98. The second kappa shape index (κ2) is 9.79. The van der Waals surface area contributed by atoms with E-state index in [4.69, 9.17) is 9.84 Å². The number of rotatable bonds is 6. The van der Waals surface area contributed by atoms with Crippen LogP contribution in [-0.2, 0) is 10.0 Å². The average Bonchev–Trinajstić information content (AvgIpc) is 2.76. The lowest BCUT2D eigenvalue weighted by Crippen LogP contribution is -2.18. The van der Waals surface area contributed by atoms with Crippen LogP contribution < -0.4 is 9.46 Å². The SMILES string of the molecule is O=C(O)c1cc(NS(=O)(=O)c2ccc(OC3CCCCCCC3)c3ccccc23)ccc1F. The van der Waals surface area contributed by atoms with E-state index in [0.29, 0.717) is 16.5 Å². The van der Waals surface area contributed by atoms with E-state index in [1.165, 1.54) is 31.4 Å². The van der Waals surface area contributed by atoms with E-state index in [2.05, 4.69) is 4.72 Å². The monoisotopic (exact) mass is 471 g/mol. The van der Waals surface area contributed by atoms with Gasteiger partial charge in [-0.3, -0.25) is 4.72 Å². The molecule has 1 aliphatic carbocycles. The van der Waals surface area contributed by atoms with Crippen molar-refractivity contribution in [2.75, 3.05) is 4.72 Å². The summed E-state index contributed by atoms with van der Waals surface area (Å²) in [5.41, 5.74) is -0.643. The highest BCUT2D eigenvalue weighted by molar-refractivity contribution is 7.93. The van der Waals surface area contributed by atoms with E-state index >= 15 is 0 Å². The van der Waals surface area contributed by atoms with Crippen LogP contribution in [0.15, 0.2) is 59.5 Å². The van der Waals surface area contributed by atoms with E-state index in [0.717, 1.165) is 37.8 Å². The van der Waals surface area contributed by atoms with Crippen LogP contribution in [0.3, 0.4) is 0 Å². The molecule has 0 heterocycles. The Morgan fingerprint density at radius 3 is 2.30 bits per heavy atom. The first-order valence-electron chi connectivity index (χ1n) is 11.1. The van der Waals surface area contributed by atoms with Crippen LogP contribution in [0.2, 0.25) is 0 Å². The van der Waals surface area contributed by atoms with Crippen LogP contribution in [0.5, 0.6) is 5.75 Å². The predicted molar refractivity (Wildman–Crippen MR) is 125 cm³/mol. The van der Waals surface area contributed by atoms with Gasteiger partial charge in [-0.15, -0.1) is 0 Å². The van der Waals surface area contributed by atoms with Crippen molar-refractivity contribution in [2.24, 2.45) is 0 Å². The summed E-state index contributed by atoms with van der Waals surface area (Å²) >= 11 is 0. The summed E-state index contributed by atoms with van der Waals surface area (Å²) in [4.78, 5) is 11.2. The summed E-state index contributed by atoms with van der Waals surface area (Å²) in [6.07, 6.45) is 7.97. The van der Waals surface area contributed by atoms with Gasteiger partial charge >= 0.3 is 5.97 Å². The maximum atomic E-state index is 13.7. The Morgan fingerprint density at radius 2 is 1.61 bits per heavy atom. The van der Waals surface area contributed by atoms with Crippen LogP contribution in [0, 0.1) is 5.82 Å². The van der Waals surface area contributed by atoms with Gasteiger partial charge in [-0.25, -0.2) is 17.6 Å². The molecule has 0 radical (unpaired) electrons. The van der Waals surface area contributed by atoms with Crippen molar-refractivity contribution in [1.82, 2.24) is 0 Å².